The van der Waals surface area contributed by atoms with Gasteiger partial charge in [0.2, 0.25) is 0 Å². The lowest BCUT2D eigenvalue weighted by molar-refractivity contribution is -0.185. The normalized spacial score (nSPS) is 17.3. The third-order valence-corrected chi connectivity index (χ3v) is 7.08. The number of likely N-dealkylation sites (tertiary alicyclic amines) is 1. The van der Waals surface area contributed by atoms with E-state index < -0.39 is 0 Å². The highest BCUT2D eigenvalue weighted by molar-refractivity contribution is 5.98. The molecule has 2 aliphatic heterocycles. The minimum absolute atomic E-state index is 0.372. The SMILES string of the molecule is COc1cc2c(Nc3ccc4cn[nH]c4c3)c(C#N)cnc2cc1OCCN1CCC2(CC1)OCCO2. The van der Waals surface area contributed by atoms with E-state index in [-0.39, 0.29) is 5.79 Å². The van der Waals surface area contributed by atoms with Gasteiger partial charge in [-0.25, -0.2) is 0 Å². The lowest BCUT2D eigenvalue weighted by Gasteiger charge is -2.37. The Morgan fingerprint density at radius 2 is 1.97 bits per heavy atom. The number of benzene rings is 2. The summed E-state index contributed by atoms with van der Waals surface area (Å²) in [4.78, 5) is 6.88. The highest BCUT2D eigenvalue weighted by atomic mass is 16.7. The fourth-order valence-electron chi connectivity index (χ4n) is 5.04. The predicted octanol–water partition coefficient (Wildman–Crippen LogP) is 3.95. The molecule has 2 N–H and O–H groups in total. The zero-order valence-corrected chi connectivity index (χ0v) is 20.6. The fraction of sp³-hybridized carbons (Fsp3) is 0.370. The number of aromatic nitrogens is 3. The molecule has 4 heterocycles. The molecule has 0 atom stereocenters. The van der Waals surface area contributed by atoms with Crippen molar-refractivity contribution in [1.29, 1.82) is 5.26 Å². The maximum absolute atomic E-state index is 9.76. The molecule has 2 fully saturated rings. The number of nitrogens with zero attached hydrogens (tertiary/aromatic N) is 4. The van der Waals surface area contributed by atoms with Crippen LogP contribution < -0.4 is 14.8 Å². The molecule has 0 amide bonds. The summed E-state index contributed by atoms with van der Waals surface area (Å²) in [6, 6.07) is 11.9. The number of fused-ring (bicyclic) bond motifs is 2. The van der Waals surface area contributed by atoms with Crippen LogP contribution in [0.2, 0.25) is 0 Å². The molecule has 0 unspecified atom stereocenters. The number of aromatic amines is 1. The predicted molar refractivity (Wildman–Crippen MR) is 138 cm³/mol. The zero-order chi connectivity index (χ0) is 25.2. The molecule has 2 saturated heterocycles. The molecule has 37 heavy (non-hydrogen) atoms. The van der Waals surface area contributed by atoms with E-state index in [0.717, 1.165) is 54.5 Å². The fourth-order valence-corrected chi connectivity index (χ4v) is 5.04. The summed E-state index contributed by atoms with van der Waals surface area (Å²) in [5.74, 6) is 0.831. The van der Waals surface area contributed by atoms with Crippen molar-refractivity contribution < 1.29 is 18.9 Å². The van der Waals surface area contributed by atoms with E-state index >= 15 is 0 Å². The summed E-state index contributed by atoms with van der Waals surface area (Å²) in [7, 11) is 1.61. The molecule has 0 saturated carbocycles. The number of methoxy groups -OCH3 is 1. The summed E-state index contributed by atoms with van der Waals surface area (Å²) < 4.78 is 23.4. The first kappa shape index (κ1) is 23.5. The van der Waals surface area contributed by atoms with E-state index in [1.165, 1.54) is 0 Å². The summed E-state index contributed by atoms with van der Waals surface area (Å²) in [5.41, 5.74) is 3.54. The van der Waals surface area contributed by atoms with Crippen LogP contribution in [0.5, 0.6) is 11.5 Å². The average molecular weight is 501 g/mol. The van der Waals surface area contributed by atoms with Gasteiger partial charge >= 0.3 is 0 Å². The Balaban J connectivity index is 1.20. The lowest BCUT2D eigenvalue weighted by Crippen LogP contribution is -2.46. The Hall–Kier alpha value is -3.91. The van der Waals surface area contributed by atoms with Crippen molar-refractivity contribution in [1.82, 2.24) is 20.1 Å². The van der Waals surface area contributed by atoms with Crippen LogP contribution in [0.25, 0.3) is 21.8 Å². The topological polar surface area (TPSA) is 118 Å². The number of hydrogen-bond donors (Lipinski definition) is 2. The molecule has 4 aromatic rings. The third kappa shape index (κ3) is 4.64. The van der Waals surface area contributed by atoms with Crippen molar-refractivity contribution in [3.8, 4) is 17.6 Å². The Kier molecular flexibility index (Phi) is 6.26. The number of piperidine rings is 1. The van der Waals surface area contributed by atoms with E-state index in [4.69, 9.17) is 18.9 Å². The van der Waals surface area contributed by atoms with Gasteiger partial charge < -0.3 is 24.3 Å². The van der Waals surface area contributed by atoms with Crippen LogP contribution in [-0.4, -0.2) is 72.4 Å². The largest absolute Gasteiger partial charge is 0.493 e. The van der Waals surface area contributed by atoms with Gasteiger partial charge in [0.1, 0.15) is 12.7 Å². The first-order valence-electron chi connectivity index (χ1n) is 12.4. The van der Waals surface area contributed by atoms with Crippen molar-refractivity contribution in [2.75, 3.05) is 51.9 Å². The van der Waals surface area contributed by atoms with E-state index in [9.17, 15) is 5.26 Å². The van der Waals surface area contributed by atoms with E-state index in [1.54, 1.807) is 19.5 Å². The van der Waals surface area contributed by atoms with Crippen LogP contribution >= 0.6 is 0 Å². The maximum Gasteiger partial charge on any atom is 0.170 e. The molecule has 0 radical (unpaired) electrons. The van der Waals surface area contributed by atoms with E-state index in [2.05, 4.69) is 31.5 Å². The minimum Gasteiger partial charge on any atom is -0.493 e. The molecule has 1 spiro atoms. The molecule has 0 bridgehead atoms. The van der Waals surface area contributed by atoms with Gasteiger partial charge in [-0.1, -0.05) is 0 Å². The molecule has 6 rings (SSSR count). The standard InChI is InChI=1S/C27H28N6O4/c1-34-24-13-21-23(14-25(24)35-9-8-33-6-4-27(5-7-33)36-10-11-37-27)29-16-19(15-28)26(21)31-20-3-2-18-17-30-32-22(18)12-20/h2-3,12-14,16-17H,4-11H2,1H3,(H,29,31)(H,30,32). The minimum atomic E-state index is -0.372. The maximum atomic E-state index is 9.76. The molecular weight excluding hydrogens is 472 g/mol. The summed E-state index contributed by atoms with van der Waals surface area (Å²) in [6.45, 7) is 4.51. The van der Waals surface area contributed by atoms with Crippen LogP contribution in [-0.2, 0) is 9.47 Å². The molecule has 10 heteroatoms. The second-order valence-corrected chi connectivity index (χ2v) is 9.27. The van der Waals surface area contributed by atoms with Gasteiger partial charge in [0, 0.05) is 61.2 Å². The molecule has 2 aromatic carbocycles. The van der Waals surface area contributed by atoms with Gasteiger partial charge in [-0.05, 0) is 24.3 Å². The van der Waals surface area contributed by atoms with Gasteiger partial charge in [0.25, 0.3) is 0 Å². The van der Waals surface area contributed by atoms with Gasteiger partial charge in [-0.15, -0.1) is 0 Å². The number of pyridine rings is 1. The number of hydrogen-bond acceptors (Lipinski definition) is 9. The number of ether oxygens (including phenoxy) is 4. The molecule has 2 aromatic heterocycles. The van der Waals surface area contributed by atoms with Crippen molar-refractivity contribution >= 4 is 33.2 Å². The van der Waals surface area contributed by atoms with Gasteiger partial charge in [0.05, 0.1) is 48.8 Å². The van der Waals surface area contributed by atoms with Crippen LogP contribution in [0.3, 0.4) is 0 Å². The second kappa shape index (κ2) is 9.86. The number of H-pyrrole nitrogens is 1. The first-order chi connectivity index (χ1) is 18.2. The van der Waals surface area contributed by atoms with E-state index in [0.29, 0.717) is 48.1 Å². The summed E-state index contributed by atoms with van der Waals surface area (Å²) in [6.07, 6.45) is 5.10. The second-order valence-electron chi connectivity index (χ2n) is 9.27. The van der Waals surface area contributed by atoms with Gasteiger partial charge in [-0.2, -0.15) is 10.4 Å². The molecule has 0 aliphatic carbocycles. The Morgan fingerprint density at radius 1 is 1.14 bits per heavy atom. The van der Waals surface area contributed by atoms with Crippen molar-refractivity contribution in [3.05, 3.63) is 48.3 Å². The van der Waals surface area contributed by atoms with Crippen molar-refractivity contribution in [2.24, 2.45) is 0 Å². The summed E-state index contributed by atoms with van der Waals surface area (Å²) in [5, 5.41) is 22.0. The highest BCUT2D eigenvalue weighted by Crippen LogP contribution is 2.37. The van der Waals surface area contributed by atoms with Crippen LogP contribution in [0, 0.1) is 11.3 Å². The Labute approximate surface area is 214 Å². The number of nitriles is 1. The van der Waals surface area contributed by atoms with Crippen LogP contribution in [0.15, 0.2) is 42.7 Å². The lowest BCUT2D eigenvalue weighted by atomic mass is 10.0. The number of anilines is 2. The first-order valence-corrected chi connectivity index (χ1v) is 12.4. The highest BCUT2D eigenvalue weighted by Gasteiger charge is 2.39. The van der Waals surface area contributed by atoms with Crippen molar-refractivity contribution in [3.63, 3.8) is 0 Å². The monoisotopic (exact) mass is 500 g/mol. The smallest absolute Gasteiger partial charge is 0.170 e. The van der Waals surface area contributed by atoms with Gasteiger partial charge in [0.15, 0.2) is 17.3 Å². The van der Waals surface area contributed by atoms with E-state index in [1.807, 2.05) is 30.3 Å². The number of rotatable bonds is 7. The molecular formula is C27H28N6O4. The van der Waals surface area contributed by atoms with Gasteiger partial charge in [-0.3, -0.25) is 15.0 Å². The average Bonchev–Trinajstić information content (AvgIpc) is 3.59. The number of nitrogens with one attached hydrogen (secondary N) is 2. The van der Waals surface area contributed by atoms with Crippen molar-refractivity contribution in [2.45, 2.75) is 18.6 Å². The summed E-state index contributed by atoms with van der Waals surface area (Å²) >= 11 is 0. The molecule has 2 aliphatic rings. The third-order valence-electron chi connectivity index (χ3n) is 7.08. The van der Waals surface area contributed by atoms with Crippen LogP contribution in [0.4, 0.5) is 11.4 Å². The molecule has 190 valence electrons. The quantitative estimate of drug-likeness (QED) is 0.389. The Bertz CT molecular complexity index is 1460. The van der Waals surface area contributed by atoms with Crippen LogP contribution in [0.1, 0.15) is 18.4 Å². The molecule has 10 nitrogen and oxygen atoms in total. The Morgan fingerprint density at radius 3 is 2.76 bits per heavy atom. The zero-order valence-electron chi connectivity index (χ0n) is 20.6.